The number of carboxylic acids is 2. The van der Waals surface area contributed by atoms with Crippen LogP contribution >= 0.6 is 0 Å². The summed E-state index contributed by atoms with van der Waals surface area (Å²) in [6.45, 7) is 5.29. The van der Waals surface area contributed by atoms with Gasteiger partial charge in [-0.25, -0.2) is 4.79 Å². The Balaban J connectivity index is 5.10. The van der Waals surface area contributed by atoms with Crippen molar-refractivity contribution in [3.05, 3.63) is 0 Å². The molecule has 12 nitrogen and oxygen atoms in total. The van der Waals surface area contributed by atoms with E-state index >= 15 is 0 Å². The standard InChI is InChI=1S/C20H37N5O7/c1-4-11(2)16(20(31)32)25-17(28)12(3)23-19(30)14(7-5-6-10-21)24-18(29)13(22)8-9-15(26)27/h11-14,16H,4-10,21-22H2,1-3H3,(H,23,30)(H,24,29)(H,25,28)(H,26,27)(H,31,32). The van der Waals surface area contributed by atoms with Crippen LogP contribution in [0.3, 0.4) is 0 Å². The predicted octanol–water partition coefficient (Wildman–Crippen LogP) is -1.09. The maximum Gasteiger partial charge on any atom is 0.326 e. The molecular weight excluding hydrogens is 422 g/mol. The van der Waals surface area contributed by atoms with Crippen LogP contribution in [0.15, 0.2) is 0 Å². The first-order valence-corrected chi connectivity index (χ1v) is 10.8. The van der Waals surface area contributed by atoms with Gasteiger partial charge in [0.2, 0.25) is 17.7 Å². The second kappa shape index (κ2) is 15.1. The van der Waals surface area contributed by atoms with Gasteiger partial charge < -0.3 is 37.6 Å². The third-order valence-electron chi connectivity index (χ3n) is 5.11. The molecule has 0 saturated heterocycles. The van der Waals surface area contributed by atoms with Crippen LogP contribution in [0.2, 0.25) is 0 Å². The first-order chi connectivity index (χ1) is 14.9. The molecule has 0 aromatic carbocycles. The molecule has 0 aromatic heterocycles. The number of amides is 3. The Bertz CT molecular complexity index is 658. The van der Waals surface area contributed by atoms with Gasteiger partial charge in [-0.3, -0.25) is 19.2 Å². The van der Waals surface area contributed by atoms with Crippen LogP contribution in [0, 0.1) is 5.92 Å². The molecule has 0 heterocycles. The van der Waals surface area contributed by atoms with Gasteiger partial charge in [-0.15, -0.1) is 0 Å². The minimum Gasteiger partial charge on any atom is -0.481 e. The first-order valence-electron chi connectivity index (χ1n) is 10.8. The Morgan fingerprint density at radius 1 is 0.875 bits per heavy atom. The summed E-state index contributed by atoms with van der Waals surface area (Å²) >= 11 is 0. The van der Waals surface area contributed by atoms with Crippen LogP contribution in [0.25, 0.3) is 0 Å². The highest BCUT2D eigenvalue weighted by Gasteiger charge is 2.30. The van der Waals surface area contributed by atoms with Crippen LogP contribution in [0.4, 0.5) is 0 Å². The molecule has 0 aliphatic carbocycles. The fourth-order valence-electron chi connectivity index (χ4n) is 2.79. The Morgan fingerprint density at radius 3 is 2.00 bits per heavy atom. The van der Waals surface area contributed by atoms with E-state index < -0.39 is 53.8 Å². The molecule has 0 aliphatic heterocycles. The highest BCUT2D eigenvalue weighted by Crippen LogP contribution is 2.08. The molecule has 5 atom stereocenters. The summed E-state index contributed by atoms with van der Waals surface area (Å²) in [5, 5.41) is 25.4. The molecule has 0 rings (SSSR count). The van der Waals surface area contributed by atoms with Crippen molar-refractivity contribution in [3.8, 4) is 0 Å². The van der Waals surface area contributed by atoms with Crippen LogP contribution in [0.1, 0.15) is 59.3 Å². The summed E-state index contributed by atoms with van der Waals surface area (Å²) < 4.78 is 0. The van der Waals surface area contributed by atoms with Gasteiger partial charge in [-0.1, -0.05) is 20.3 Å². The SMILES string of the molecule is CCC(C)C(NC(=O)C(C)NC(=O)C(CCCCN)NC(=O)C(N)CCC(=O)O)C(=O)O. The summed E-state index contributed by atoms with van der Waals surface area (Å²) in [5.41, 5.74) is 11.2. The monoisotopic (exact) mass is 459 g/mol. The van der Waals surface area contributed by atoms with Crippen LogP contribution in [0.5, 0.6) is 0 Å². The van der Waals surface area contributed by atoms with Crippen LogP contribution in [-0.2, 0) is 24.0 Å². The average Bonchev–Trinajstić information content (AvgIpc) is 2.73. The van der Waals surface area contributed by atoms with E-state index in [1.807, 2.05) is 0 Å². The number of unbranched alkanes of at least 4 members (excludes halogenated alkanes) is 1. The Labute approximate surface area is 187 Å². The molecule has 5 unspecified atom stereocenters. The maximum atomic E-state index is 12.7. The summed E-state index contributed by atoms with van der Waals surface area (Å²) in [6, 6.07) is -4.27. The minimum atomic E-state index is -1.17. The number of carboxylic acid groups (broad SMARTS) is 2. The van der Waals surface area contributed by atoms with Crippen molar-refractivity contribution in [2.24, 2.45) is 17.4 Å². The molecular formula is C20H37N5O7. The van der Waals surface area contributed by atoms with Crippen LogP contribution in [-0.4, -0.2) is 70.6 Å². The van der Waals surface area contributed by atoms with Gasteiger partial charge in [0.1, 0.15) is 18.1 Å². The van der Waals surface area contributed by atoms with E-state index in [9.17, 15) is 29.1 Å². The molecule has 9 N–H and O–H groups in total. The minimum absolute atomic E-state index is 0.0939. The zero-order valence-corrected chi connectivity index (χ0v) is 18.9. The van der Waals surface area contributed by atoms with Crippen molar-refractivity contribution < 1.29 is 34.2 Å². The van der Waals surface area contributed by atoms with Crippen molar-refractivity contribution in [2.75, 3.05) is 6.54 Å². The number of hydrogen-bond acceptors (Lipinski definition) is 7. The fourth-order valence-corrected chi connectivity index (χ4v) is 2.79. The van der Waals surface area contributed by atoms with Gasteiger partial charge >= 0.3 is 11.9 Å². The predicted molar refractivity (Wildman–Crippen MR) is 116 cm³/mol. The van der Waals surface area contributed by atoms with E-state index in [0.29, 0.717) is 25.8 Å². The Morgan fingerprint density at radius 2 is 1.50 bits per heavy atom. The molecule has 3 amide bonds. The second-order valence-electron chi connectivity index (χ2n) is 7.82. The van der Waals surface area contributed by atoms with E-state index in [2.05, 4.69) is 16.0 Å². The zero-order valence-electron chi connectivity index (χ0n) is 18.9. The molecule has 32 heavy (non-hydrogen) atoms. The number of nitrogens with one attached hydrogen (secondary N) is 3. The van der Waals surface area contributed by atoms with Gasteiger partial charge in [-0.2, -0.15) is 0 Å². The van der Waals surface area contributed by atoms with Gasteiger partial charge in [0.25, 0.3) is 0 Å². The lowest BCUT2D eigenvalue weighted by molar-refractivity contribution is -0.143. The lowest BCUT2D eigenvalue weighted by Gasteiger charge is -2.25. The lowest BCUT2D eigenvalue weighted by Crippen LogP contribution is -2.56. The summed E-state index contributed by atoms with van der Waals surface area (Å²) in [7, 11) is 0. The topological polar surface area (TPSA) is 214 Å². The number of hydrogen-bond donors (Lipinski definition) is 7. The normalized spacial score (nSPS) is 15.5. The highest BCUT2D eigenvalue weighted by molar-refractivity contribution is 5.94. The highest BCUT2D eigenvalue weighted by atomic mass is 16.4. The molecule has 0 saturated carbocycles. The van der Waals surface area contributed by atoms with E-state index in [-0.39, 0.29) is 25.2 Å². The second-order valence-corrected chi connectivity index (χ2v) is 7.82. The van der Waals surface area contributed by atoms with E-state index in [0.717, 1.165) is 0 Å². The van der Waals surface area contributed by atoms with Crippen LogP contribution < -0.4 is 27.4 Å². The molecule has 12 heteroatoms. The Kier molecular flexibility index (Phi) is 13.8. The Hall–Kier alpha value is -2.73. The van der Waals surface area contributed by atoms with E-state index in [1.165, 1.54) is 6.92 Å². The summed E-state index contributed by atoms with van der Waals surface area (Å²) in [5.74, 6) is -4.57. The summed E-state index contributed by atoms with van der Waals surface area (Å²) in [4.78, 5) is 59.4. The average molecular weight is 460 g/mol. The quantitative estimate of drug-likeness (QED) is 0.139. The van der Waals surface area contributed by atoms with E-state index in [4.69, 9.17) is 16.6 Å². The largest absolute Gasteiger partial charge is 0.481 e. The number of carbonyl (C=O) groups excluding carboxylic acids is 3. The van der Waals surface area contributed by atoms with Gasteiger partial charge in [-0.05, 0) is 45.1 Å². The first kappa shape index (κ1) is 29.3. The van der Waals surface area contributed by atoms with E-state index in [1.54, 1.807) is 13.8 Å². The molecule has 0 radical (unpaired) electrons. The van der Waals surface area contributed by atoms with Crippen molar-refractivity contribution in [1.29, 1.82) is 0 Å². The van der Waals surface area contributed by atoms with Crippen molar-refractivity contribution in [2.45, 2.75) is 83.5 Å². The molecule has 0 spiro atoms. The van der Waals surface area contributed by atoms with Crippen molar-refractivity contribution in [3.63, 3.8) is 0 Å². The number of rotatable bonds is 16. The molecule has 0 aromatic rings. The van der Waals surface area contributed by atoms with Gasteiger partial charge in [0.15, 0.2) is 0 Å². The number of nitrogens with two attached hydrogens (primary N) is 2. The maximum absolute atomic E-state index is 12.7. The fraction of sp³-hybridized carbons (Fsp3) is 0.750. The summed E-state index contributed by atoms with van der Waals surface area (Å²) in [6.07, 6.45) is 1.51. The molecule has 0 aliphatic rings. The number of aliphatic carboxylic acids is 2. The molecule has 0 bridgehead atoms. The smallest absolute Gasteiger partial charge is 0.326 e. The zero-order chi connectivity index (χ0) is 24.8. The molecule has 0 fully saturated rings. The lowest BCUT2D eigenvalue weighted by atomic mass is 9.99. The van der Waals surface area contributed by atoms with Crippen molar-refractivity contribution >= 4 is 29.7 Å². The van der Waals surface area contributed by atoms with Gasteiger partial charge in [0, 0.05) is 6.42 Å². The third-order valence-corrected chi connectivity index (χ3v) is 5.11. The van der Waals surface area contributed by atoms with Gasteiger partial charge in [0.05, 0.1) is 6.04 Å². The molecule has 184 valence electrons. The van der Waals surface area contributed by atoms with Crippen molar-refractivity contribution in [1.82, 2.24) is 16.0 Å². The number of carbonyl (C=O) groups is 5. The third kappa shape index (κ3) is 11.0.